The molecule has 1 aromatic heterocycles. The van der Waals surface area contributed by atoms with Gasteiger partial charge in [-0.1, -0.05) is 31.5 Å². The van der Waals surface area contributed by atoms with Crippen LogP contribution in [0.3, 0.4) is 0 Å². The molecule has 132 valence electrons. The van der Waals surface area contributed by atoms with Gasteiger partial charge in [0.25, 0.3) is 0 Å². The van der Waals surface area contributed by atoms with E-state index < -0.39 is 0 Å². The van der Waals surface area contributed by atoms with Crippen molar-refractivity contribution in [3.05, 3.63) is 47.0 Å². The lowest BCUT2D eigenvalue weighted by atomic mass is 9.92. The molecular weight excluding hydrogens is 336 g/mol. The molecule has 25 heavy (non-hydrogen) atoms. The molecule has 0 bridgehead atoms. The Hall–Kier alpha value is -2.20. The van der Waals surface area contributed by atoms with Crippen molar-refractivity contribution in [2.24, 2.45) is 7.05 Å². The molecule has 4 nitrogen and oxygen atoms in total. The Balaban J connectivity index is 2.13. The standard InChI is InChI=1S/C20H23ClN2O2/c1-5-13(6-2)16-11-12-17(24-4)18-19(16)23(3)20(22-18)25-15-9-7-14(21)8-10-15/h7-13H,5-6H2,1-4H3. The van der Waals surface area contributed by atoms with Crippen LogP contribution >= 0.6 is 11.6 Å². The fraction of sp³-hybridized carbons (Fsp3) is 0.350. The quantitative estimate of drug-likeness (QED) is 0.547. The first-order chi connectivity index (χ1) is 12.1. The summed E-state index contributed by atoms with van der Waals surface area (Å²) in [4.78, 5) is 4.70. The molecule has 0 saturated carbocycles. The van der Waals surface area contributed by atoms with Gasteiger partial charge in [0.1, 0.15) is 17.0 Å². The molecule has 0 aliphatic heterocycles. The molecule has 0 unspecified atom stereocenters. The number of hydrogen-bond acceptors (Lipinski definition) is 3. The van der Waals surface area contributed by atoms with Crippen LogP contribution in [0, 0.1) is 0 Å². The number of aromatic nitrogens is 2. The topological polar surface area (TPSA) is 36.3 Å². The first-order valence-corrected chi connectivity index (χ1v) is 8.93. The molecule has 0 spiro atoms. The van der Waals surface area contributed by atoms with Crippen molar-refractivity contribution in [3.8, 4) is 17.5 Å². The maximum atomic E-state index is 5.99. The van der Waals surface area contributed by atoms with E-state index in [4.69, 9.17) is 26.1 Å². The number of nitrogens with zero attached hydrogens (tertiary/aromatic N) is 2. The van der Waals surface area contributed by atoms with Gasteiger partial charge >= 0.3 is 6.01 Å². The second-order valence-corrected chi connectivity index (χ2v) is 6.51. The van der Waals surface area contributed by atoms with E-state index in [1.807, 2.05) is 29.8 Å². The predicted octanol–water partition coefficient (Wildman–Crippen LogP) is 5.93. The third-order valence-electron chi connectivity index (χ3n) is 4.64. The lowest BCUT2D eigenvalue weighted by molar-refractivity contribution is 0.416. The SMILES string of the molecule is CCC(CC)c1ccc(OC)c2nc(Oc3ccc(Cl)cc3)n(C)c12. The lowest BCUT2D eigenvalue weighted by Crippen LogP contribution is -2.01. The molecule has 1 heterocycles. The second kappa shape index (κ2) is 7.36. The molecule has 0 radical (unpaired) electrons. The van der Waals surface area contributed by atoms with Crippen molar-refractivity contribution in [1.82, 2.24) is 9.55 Å². The normalized spacial score (nSPS) is 11.3. The molecule has 0 amide bonds. The summed E-state index contributed by atoms with van der Waals surface area (Å²) in [5, 5.41) is 0.676. The van der Waals surface area contributed by atoms with Gasteiger partial charge in [-0.3, -0.25) is 4.57 Å². The fourth-order valence-corrected chi connectivity index (χ4v) is 3.35. The average molecular weight is 359 g/mol. The van der Waals surface area contributed by atoms with Gasteiger partial charge in [-0.2, -0.15) is 4.98 Å². The number of hydrogen-bond donors (Lipinski definition) is 0. The van der Waals surface area contributed by atoms with Gasteiger partial charge in [-0.05, 0) is 54.7 Å². The van der Waals surface area contributed by atoms with Crippen LogP contribution in [0.1, 0.15) is 38.2 Å². The Morgan fingerprint density at radius 1 is 1.08 bits per heavy atom. The Morgan fingerprint density at radius 3 is 2.36 bits per heavy atom. The number of rotatable bonds is 6. The van der Waals surface area contributed by atoms with Gasteiger partial charge in [0, 0.05) is 12.1 Å². The minimum absolute atomic E-state index is 0.479. The van der Waals surface area contributed by atoms with E-state index in [9.17, 15) is 0 Å². The summed E-state index contributed by atoms with van der Waals surface area (Å²) < 4.78 is 13.5. The Bertz CT molecular complexity index is 868. The molecule has 2 aromatic carbocycles. The largest absolute Gasteiger partial charge is 0.494 e. The summed E-state index contributed by atoms with van der Waals surface area (Å²) in [5.41, 5.74) is 3.18. The van der Waals surface area contributed by atoms with Gasteiger partial charge < -0.3 is 9.47 Å². The van der Waals surface area contributed by atoms with Crippen LogP contribution in [-0.2, 0) is 7.05 Å². The Labute approximate surface area is 153 Å². The molecule has 3 aromatic rings. The zero-order valence-electron chi connectivity index (χ0n) is 15.0. The number of imidazole rings is 1. The predicted molar refractivity (Wildman–Crippen MR) is 102 cm³/mol. The maximum absolute atomic E-state index is 5.99. The molecule has 5 heteroatoms. The molecule has 3 rings (SSSR count). The smallest absolute Gasteiger partial charge is 0.302 e. The zero-order chi connectivity index (χ0) is 18.0. The Morgan fingerprint density at radius 2 is 1.76 bits per heavy atom. The third kappa shape index (κ3) is 3.31. The van der Waals surface area contributed by atoms with Crippen molar-refractivity contribution >= 4 is 22.6 Å². The highest BCUT2D eigenvalue weighted by atomic mass is 35.5. The minimum Gasteiger partial charge on any atom is -0.494 e. The van der Waals surface area contributed by atoms with Crippen LogP contribution in [0.25, 0.3) is 11.0 Å². The van der Waals surface area contributed by atoms with E-state index in [0.29, 0.717) is 22.7 Å². The van der Waals surface area contributed by atoms with Crippen molar-refractivity contribution in [2.75, 3.05) is 7.11 Å². The highest BCUT2D eigenvalue weighted by molar-refractivity contribution is 6.30. The van der Waals surface area contributed by atoms with E-state index in [0.717, 1.165) is 29.6 Å². The van der Waals surface area contributed by atoms with Crippen LogP contribution < -0.4 is 9.47 Å². The first-order valence-electron chi connectivity index (χ1n) is 8.55. The monoisotopic (exact) mass is 358 g/mol. The van der Waals surface area contributed by atoms with E-state index in [-0.39, 0.29) is 0 Å². The molecule has 0 saturated heterocycles. The van der Waals surface area contributed by atoms with Gasteiger partial charge in [0.15, 0.2) is 0 Å². The van der Waals surface area contributed by atoms with E-state index in [1.54, 1.807) is 19.2 Å². The van der Waals surface area contributed by atoms with Crippen LogP contribution in [0.15, 0.2) is 36.4 Å². The summed E-state index contributed by atoms with van der Waals surface area (Å²) >= 11 is 5.94. The summed E-state index contributed by atoms with van der Waals surface area (Å²) in [6.45, 7) is 4.43. The Kier molecular flexibility index (Phi) is 5.19. The molecule has 0 N–H and O–H groups in total. The highest BCUT2D eigenvalue weighted by Gasteiger charge is 2.20. The maximum Gasteiger partial charge on any atom is 0.302 e. The minimum atomic E-state index is 0.479. The second-order valence-electron chi connectivity index (χ2n) is 6.08. The summed E-state index contributed by atoms with van der Waals surface area (Å²) in [6, 6.07) is 11.9. The van der Waals surface area contributed by atoms with E-state index in [2.05, 4.69) is 19.9 Å². The molecule has 0 aliphatic rings. The van der Waals surface area contributed by atoms with Crippen LogP contribution in [0.5, 0.6) is 17.5 Å². The summed E-state index contributed by atoms with van der Waals surface area (Å²) in [5.74, 6) is 1.93. The lowest BCUT2D eigenvalue weighted by Gasteiger charge is -2.16. The summed E-state index contributed by atoms with van der Waals surface area (Å²) in [6.07, 6.45) is 2.16. The number of aryl methyl sites for hydroxylation is 1. The number of fused-ring (bicyclic) bond motifs is 1. The number of halogens is 1. The van der Waals surface area contributed by atoms with Gasteiger partial charge in [-0.25, -0.2) is 0 Å². The molecule has 0 aliphatic carbocycles. The van der Waals surface area contributed by atoms with Gasteiger partial charge in [0.05, 0.1) is 12.6 Å². The zero-order valence-corrected chi connectivity index (χ0v) is 15.8. The van der Waals surface area contributed by atoms with Crippen LogP contribution in [0.2, 0.25) is 5.02 Å². The van der Waals surface area contributed by atoms with Gasteiger partial charge in [0.2, 0.25) is 0 Å². The van der Waals surface area contributed by atoms with Crippen LogP contribution in [-0.4, -0.2) is 16.7 Å². The number of benzene rings is 2. The summed E-state index contributed by atoms with van der Waals surface area (Å²) in [7, 11) is 3.64. The molecule has 0 atom stereocenters. The van der Waals surface area contributed by atoms with Crippen molar-refractivity contribution < 1.29 is 9.47 Å². The van der Waals surface area contributed by atoms with Gasteiger partial charge in [-0.15, -0.1) is 0 Å². The highest BCUT2D eigenvalue weighted by Crippen LogP contribution is 2.37. The first kappa shape index (κ1) is 17.6. The van der Waals surface area contributed by atoms with E-state index >= 15 is 0 Å². The molecular formula is C20H23ClN2O2. The average Bonchev–Trinajstić information content (AvgIpc) is 2.95. The van der Waals surface area contributed by atoms with E-state index in [1.165, 1.54) is 5.56 Å². The number of ether oxygens (including phenoxy) is 2. The van der Waals surface area contributed by atoms with Crippen molar-refractivity contribution in [3.63, 3.8) is 0 Å². The third-order valence-corrected chi connectivity index (χ3v) is 4.90. The fourth-order valence-electron chi connectivity index (χ4n) is 3.23. The number of methoxy groups -OCH3 is 1. The van der Waals surface area contributed by atoms with Crippen molar-refractivity contribution in [1.29, 1.82) is 0 Å². The van der Waals surface area contributed by atoms with Crippen LogP contribution in [0.4, 0.5) is 0 Å². The van der Waals surface area contributed by atoms with Crippen molar-refractivity contribution in [2.45, 2.75) is 32.6 Å². The molecule has 0 fully saturated rings.